The highest BCUT2D eigenvalue weighted by Crippen LogP contribution is 2.16. The van der Waals surface area contributed by atoms with Crippen molar-refractivity contribution in [3.8, 4) is 0 Å². The summed E-state index contributed by atoms with van der Waals surface area (Å²) in [6, 6.07) is 24.4. The molecular formula is C24H19ClN4O2. The van der Waals surface area contributed by atoms with Crippen molar-refractivity contribution in [1.29, 1.82) is 0 Å². The molecule has 0 N–H and O–H groups in total. The van der Waals surface area contributed by atoms with Crippen LogP contribution in [0.25, 0.3) is 16.7 Å². The van der Waals surface area contributed by atoms with E-state index in [0.29, 0.717) is 34.7 Å². The SMILES string of the molecule is O=c1c2ccccc2n2c(=O)n(Cc3ccccc3Cl)nc2n1CCc1ccccc1. The van der Waals surface area contributed by atoms with Gasteiger partial charge in [0.15, 0.2) is 0 Å². The Labute approximate surface area is 182 Å². The first-order valence-corrected chi connectivity index (χ1v) is 10.4. The van der Waals surface area contributed by atoms with Gasteiger partial charge in [0.2, 0.25) is 5.78 Å². The van der Waals surface area contributed by atoms with Crippen LogP contribution in [0.5, 0.6) is 0 Å². The molecule has 0 aliphatic carbocycles. The number of aromatic nitrogens is 4. The summed E-state index contributed by atoms with van der Waals surface area (Å²) in [5.41, 5.74) is 1.98. The minimum Gasteiger partial charge on any atom is -0.276 e. The summed E-state index contributed by atoms with van der Waals surface area (Å²) < 4.78 is 4.46. The van der Waals surface area contributed by atoms with Gasteiger partial charge in [-0.3, -0.25) is 9.36 Å². The molecule has 2 aromatic heterocycles. The van der Waals surface area contributed by atoms with Crippen molar-refractivity contribution in [2.24, 2.45) is 0 Å². The monoisotopic (exact) mass is 430 g/mol. The van der Waals surface area contributed by atoms with Gasteiger partial charge >= 0.3 is 5.69 Å². The molecule has 0 spiro atoms. The maximum absolute atomic E-state index is 13.3. The average molecular weight is 431 g/mol. The van der Waals surface area contributed by atoms with Crippen molar-refractivity contribution >= 4 is 28.3 Å². The lowest BCUT2D eigenvalue weighted by atomic mass is 10.1. The molecule has 0 amide bonds. The van der Waals surface area contributed by atoms with Gasteiger partial charge in [-0.1, -0.05) is 72.3 Å². The molecule has 3 aromatic carbocycles. The molecule has 0 radical (unpaired) electrons. The van der Waals surface area contributed by atoms with Gasteiger partial charge in [0.1, 0.15) is 0 Å². The number of rotatable bonds is 5. The molecule has 0 saturated heterocycles. The normalized spacial score (nSPS) is 11.4. The molecule has 0 fully saturated rings. The average Bonchev–Trinajstić information content (AvgIpc) is 3.12. The highest BCUT2D eigenvalue weighted by atomic mass is 35.5. The molecule has 0 aliphatic heterocycles. The third-order valence-electron chi connectivity index (χ3n) is 5.43. The number of hydrogen-bond acceptors (Lipinski definition) is 3. The summed E-state index contributed by atoms with van der Waals surface area (Å²) in [4.78, 5) is 26.6. The summed E-state index contributed by atoms with van der Waals surface area (Å²) in [6.07, 6.45) is 0.653. The Morgan fingerprint density at radius 1 is 0.839 bits per heavy atom. The standard InChI is InChI=1S/C24H19ClN4O2/c25-20-12-6-4-10-18(20)16-28-24(31)29-21-13-7-5-11-19(21)22(30)27(23(29)26-28)15-14-17-8-2-1-3-9-17/h1-13H,14-16H2. The smallest absolute Gasteiger partial charge is 0.276 e. The lowest BCUT2D eigenvalue weighted by Gasteiger charge is -2.09. The second-order valence-corrected chi connectivity index (χ2v) is 7.78. The van der Waals surface area contributed by atoms with Crippen molar-refractivity contribution < 1.29 is 0 Å². The predicted molar refractivity (Wildman–Crippen MR) is 122 cm³/mol. The van der Waals surface area contributed by atoms with Crippen LogP contribution in [0.4, 0.5) is 0 Å². The Morgan fingerprint density at radius 2 is 1.55 bits per heavy atom. The fourth-order valence-corrected chi connectivity index (χ4v) is 4.04. The number of fused-ring (bicyclic) bond motifs is 3. The minimum atomic E-state index is -0.306. The zero-order valence-corrected chi connectivity index (χ0v) is 17.4. The molecule has 0 unspecified atom stereocenters. The maximum atomic E-state index is 13.3. The maximum Gasteiger partial charge on any atom is 0.352 e. The van der Waals surface area contributed by atoms with E-state index < -0.39 is 0 Å². The van der Waals surface area contributed by atoms with Crippen molar-refractivity contribution in [3.63, 3.8) is 0 Å². The van der Waals surface area contributed by atoms with Gasteiger partial charge in [0.25, 0.3) is 5.56 Å². The van der Waals surface area contributed by atoms with E-state index >= 15 is 0 Å². The quantitative estimate of drug-likeness (QED) is 0.426. The zero-order chi connectivity index (χ0) is 21.4. The molecule has 5 rings (SSSR count). The highest BCUT2D eigenvalue weighted by Gasteiger charge is 2.17. The van der Waals surface area contributed by atoms with Crippen LogP contribution in [-0.4, -0.2) is 18.7 Å². The summed E-state index contributed by atoms with van der Waals surface area (Å²) in [7, 11) is 0. The summed E-state index contributed by atoms with van der Waals surface area (Å²) in [5.74, 6) is 0.330. The number of benzene rings is 3. The zero-order valence-electron chi connectivity index (χ0n) is 16.6. The van der Waals surface area contributed by atoms with Crippen LogP contribution in [0.1, 0.15) is 11.1 Å². The van der Waals surface area contributed by atoms with Gasteiger partial charge < -0.3 is 0 Å². The fourth-order valence-electron chi connectivity index (χ4n) is 3.85. The number of hydrogen-bond donors (Lipinski definition) is 0. The third-order valence-corrected chi connectivity index (χ3v) is 5.80. The van der Waals surface area contributed by atoms with Crippen molar-refractivity contribution in [2.45, 2.75) is 19.5 Å². The number of halogens is 1. The molecule has 6 nitrogen and oxygen atoms in total. The van der Waals surface area contributed by atoms with Gasteiger partial charge in [0.05, 0.1) is 17.4 Å². The molecule has 7 heteroatoms. The van der Waals surface area contributed by atoms with Crippen LogP contribution in [-0.2, 0) is 19.5 Å². The second kappa shape index (κ2) is 7.89. The topological polar surface area (TPSA) is 61.3 Å². The molecule has 0 aliphatic rings. The van der Waals surface area contributed by atoms with Crippen molar-refractivity contribution in [1.82, 2.24) is 18.7 Å². The molecule has 0 saturated carbocycles. The summed E-state index contributed by atoms with van der Waals surface area (Å²) >= 11 is 6.29. The van der Waals surface area contributed by atoms with E-state index in [1.807, 2.05) is 54.6 Å². The Morgan fingerprint density at radius 3 is 2.35 bits per heavy atom. The fraction of sp³-hybridized carbons (Fsp3) is 0.125. The van der Waals surface area contributed by atoms with Crippen LogP contribution in [0.15, 0.2) is 88.5 Å². The largest absolute Gasteiger partial charge is 0.352 e. The number of nitrogens with zero attached hydrogens (tertiary/aromatic N) is 4. The predicted octanol–water partition coefficient (Wildman–Crippen LogP) is 3.76. The lowest BCUT2D eigenvalue weighted by molar-refractivity contribution is 0.645. The van der Waals surface area contributed by atoms with E-state index in [1.54, 1.807) is 28.8 Å². The van der Waals surface area contributed by atoms with Gasteiger partial charge in [-0.05, 0) is 35.7 Å². The summed E-state index contributed by atoms with van der Waals surface area (Å²) in [6.45, 7) is 0.640. The second-order valence-electron chi connectivity index (χ2n) is 7.38. The highest BCUT2D eigenvalue weighted by molar-refractivity contribution is 6.31. The van der Waals surface area contributed by atoms with E-state index in [0.717, 1.165) is 11.1 Å². The van der Waals surface area contributed by atoms with Gasteiger partial charge in [-0.15, -0.1) is 5.10 Å². The molecule has 31 heavy (non-hydrogen) atoms. The summed E-state index contributed by atoms with van der Waals surface area (Å²) in [5, 5.41) is 5.60. The molecular weight excluding hydrogens is 412 g/mol. The first kappa shape index (κ1) is 19.3. The van der Waals surface area contributed by atoms with Crippen LogP contribution in [0.3, 0.4) is 0 Å². The first-order valence-electron chi connectivity index (χ1n) is 10.0. The van der Waals surface area contributed by atoms with E-state index in [9.17, 15) is 9.59 Å². The van der Waals surface area contributed by atoms with E-state index in [1.165, 1.54) is 9.08 Å². The Hall–Kier alpha value is -3.64. The van der Waals surface area contributed by atoms with E-state index in [2.05, 4.69) is 5.10 Å². The van der Waals surface area contributed by atoms with Crippen LogP contribution in [0, 0.1) is 0 Å². The van der Waals surface area contributed by atoms with Crippen LogP contribution < -0.4 is 11.2 Å². The lowest BCUT2D eigenvalue weighted by Crippen LogP contribution is -2.27. The van der Waals surface area contributed by atoms with Gasteiger partial charge in [-0.2, -0.15) is 0 Å². The number of para-hydroxylation sites is 1. The Kier molecular flexibility index (Phi) is 4.92. The first-order chi connectivity index (χ1) is 15.1. The van der Waals surface area contributed by atoms with Crippen molar-refractivity contribution in [2.75, 3.05) is 0 Å². The molecule has 0 atom stereocenters. The van der Waals surface area contributed by atoms with E-state index in [4.69, 9.17) is 11.6 Å². The Balaban J connectivity index is 1.70. The van der Waals surface area contributed by atoms with Gasteiger partial charge in [-0.25, -0.2) is 13.9 Å². The molecule has 154 valence electrons. The van der Waals surface area contributed by atoms with Crippen molar-refractivity contribution in [3.05, 3.63) is 116 Å². The number of aryl methyl sites for hydroxylation is 2. The van der Waals surface area contributed by atoms with Gasteiger partial charge in [0, 0.05) is 11.6 Å². The molecule has 2 heterocycles. The molecule has 5 aromatic rings. The third kappa shape index (κ3) is 3.45. The van der Waals surface area contributed by atoms with Crippen LogP contribution in [0.2, 0.25) is 5.02 Å². The van der Waals surface area contributed by atoms with Crippen LogP contribution >= 0.6 is 11.6 Å². The Bertz CT molecular complexity index is 1520. The minimum absolute atomic E-state index is 0.158. The molecule has 0 bridgehead atoms. The van der Waals surface area contributed by atoms with E-state index in [-0.39, 0.29) is 17.8 Å².